The molecule has 0 atom stereocenters. The van der Waals surface area contributed by atoms with E-state index >= 15 is 0 Å². The van der Waals surface area contributed by atoms with Gasteiger partial charge in [-0.2, -0.15) is 0 Å². The average molecular weight is 352 g/mol. The van der Waals surface area contributed by atoms with E-state index in [9.17, 15) is 0 Å². The topological polar surface area (TPSA) is 42.9 Å². The predicted octanol–water partition coefficient (Wildman–Crippen LogP) is 2.03. The molecule has 1 saturated heterocycles. The van der Waals surface area contributed by atoms with Crippen LogP contribution >= 0.6 is 11.6 Å². The second-order valence-corrected chi connectivity index (χ2v) is 6.68. The van der Waals surface area contributed by atoms with Gasteiger partial charge in [0.1, 0.15) is 0 Å². The molecule has 0 saturated carbocycles. The van der Waals surface area contributed by atoms with Crippen molar-refractivity contribution in [2.75, 3.05) is 52.9 Å². The molecule has 0 aliphatic carbocycles. The Morgan fingerprint density at radius 1 is 1.12 bits per heavy atom. The maximum Gasteiger partial charge on any atom is 0.191 e. The fourth-order valence-electron chi connectivity index (χ4n) is 2.76. The summed E-state index contributed by atoms with van der Waals surface area (Å²) in [5.74, 6) is 0.874. The fraction of sp³-hybridized carbons (Fsp3) is 0.611. The molecule has 0 aromatic heterocycles. The van der Waals surface area contributed by atoms with Crippen molar-refractivity contribution in [2.45, 2.75) is 19.9 Å². The van der Waals surface area contributed by atoms with Crippen molar-refractivity contribution >= 4 is 17.6 Å². The van der Waals surface area contributed by atoms with Crippen molar-refractivity contribution < 1.29 is 0 Å². The molecule has 2 rings (SSSR count). The molecular formula is C18H30ClN5. The first-order valence-electron chi connectivity index (χ1n) is 8.85. The maximum absolute atomic E-state index is 5.92. The average Bonchev–Trinajstić information content (AvgIpc) is 2.78. The highest BCUT2D eigenvalue weighted by atomic mass is 35.5. The van der Waals surface area contributed by atoms with E-state index in [-0.39, 0.29) is 0 Å². The van der Waals surface area contributed by atoms with Crippen LogP contribution in [0.4, 0.5) is 0 Å². The van der Waals surface area contributed by atoms with Crippen LogP contribution in [0, 0.1) is 0 Å². The van der Waals surface area contributed by atoms with Crippen LogP contribution in [-0.2, 0) is 6.54 Å². The lowest BCUT2D eigenvalue weighted by Crippen LogP contribution is -2.42. The Morgan fingerprint density at radius 3 is 2.67 bits per heavy atom. The molecule has 1 aromatic rings. The van der Waals surface area contributed by atoms with E-state index < -0.39 is 0 Å². The summed E-state index contributed by atoms with van der Waals surface area (Å²) in [5.41, 5.74) is 1.16. The van der Waals surface area contributed by atoms with E-state index in [2.05, 4.69) is 39.4 Å². The van der Waals surface area contributed by atoms with Gasteiger partial charge in [-0.3, -0.25) is 0 Å². The summed E-state index contributed by atoms with van der Waals surface area (Å²) in [5, 5.41) is 7.51. The van der Waals surface area contributed by atoms with Gasteiger partial charge in [0.2, 0.25) is 0 Å². The molecule has 1 aliphatic heterocycles. The number of aliphatic imine (C=N–C) groups is 1. The molecule has 0 radical (unpaired) electrons. The van der Waals surface area contributed by atoms with Gasteiger partial charge < -0.3 is 20.4 Å². The largest absolute Gasteiger partial charge is 0.357 e. The van der Waals surface area contributed by atoms with Gasteiger partial charge in [0, 0.05) is 37.7 Å². The number of nitrogens with one attached hydrogen (secondary N) is 2. The molecule has 1 aliphatic rings. The van der Waals surface area contributed by atoms with Crippen molar-refractivity contribution in [2.24, 2.45) is 4.99 Å². The SMILES string of the molecule is CCNC(=NCc1ccc(Cl)cc1)NCCN1CCCN(C)CC1. The maximum atomic E-state index is 5.92. The predicted molar refractivity (Wildman–Crippen MR) is 103 cm³/mol. The van der Waals surface area contributed by atoms with Crippen LogP contribution in [0.3, 0.4) is 0 Å². The van der Waals surface area contributed by atoms with Gasteiger partial charge in [-0.05, 0) is 51.2 Å². The smallest absolute Gasteiger partial charge is 0.191 e. The summed E-state index contributed by atoms with van der Waals surface area (Å²) in [7, 11) is 2.20. The van der Waals surface area contributed by atoms with Crippen molar-refractivity contribution in [1.82, 2.24) is 20.4 Å². The molecule has 0 unspecified atom stereocenters. The van der Waals surface area contributed by atoms with Crippen molar-refractivity contribution in [3.63, 3.8) is 0 Å². The van der Waals surface area contributed by atoms with Gasteiger partial charge in [-0.25, -0.2) is 4.99 Å². The Hall–Kier alpha value is -1.30. The molecule has 24 heavy (non-hydrogen) atoms. The van der Waals surface area contributed by atoms with Crippen molar-refractivity contribution in [1.29, 1.82) is 0 Å². The summed E-state index contributed by atoms with van der Waals surface area (Å²) in [4.78, 5) is 9.59. The Balaban J connectivity index is 1.77. The lowest BCUT2D eigenvalue weighted by molar-refractivity contribution is 0.280. The van der Waals surface area contributed by atoms with E-state index in [0.29, 0.717) is 6.54 Å². The Bertz CT molecular complexity index is 503. The number of hydrogen-bond acceptors (Lipinski definition) is 3. The van der Waals surface area contributed by atoms with Gasteiger partial charge in [-0.15, -0.1) is 0 Å². The van der Waals surface area contributed by atoms with Crippen LogP contribution in [0.2, 0.25) is 5.02 Å². The quantitative estimate of drug-likeness (QED) is 0.608. The summed E-state index contributed by atoms with van der Waals surface area (Å²) in [6.07, 6.45) is 1.25. The number of hydrogen-bond donors (Lipinski definition) is 2. The zero-order chi connectivity index (χ0) is 17.2. The van der Waals surface area contributed by atoms with Crippen LogP contribution < -0.4 is 10.6 Å². The molecule has 1 fully saturated rings. The lowest BCUT2D eigenvalue weighted by Gasteiger charge is -2.21. The van der Waals surface area contributed by atoms with Gasteiger partial charge in [0.05, 0.1) is 6.54 Å². The van der Waals surface area contributed by atoms with Crippen LogP contribution in [0.15, 0.2) is 29.3 Å². The van der Waals surface area contributed by atoms with Crippen LogP contribution in [0.1, 0.15) is 18.9 Å². The number of halogens is 1. The van der Waals surface area contributed by atoms with Crippen molar-refractivity contribution in [3.05, 3.63) is 34.9 Å². The molecule has 1 heterocycles. The molecule has 134 valence electrons. The fourth-order valence-corrected chi connectivity index (χ4v) is 2.88. The summed E-state index contributed by atoms with van der Waals surface area (Å²) >= 11 is 5.92. The van der Waals surface area contributed by atoms with Crippen LogP contribution in [0.5, 0.6) is 0 Å². The van der Waals surface area contributed by atoms with Crippen molar-refractivity contribution in [3.8, 4) is 0 Å². The second kappa shape index (κ2) is 10.5. The Kier molecular flexibility index (Phi) is 8.36. The molecule has 0 bridgehead atoms. The first-order chi connectivity index (χ1) is 11.7. The molecule has 0 spiro atoms. The Labute approximate surface area is 151 Å². The molecular weight excluding hydrogens is 322 g/mol. The van der Waals surface area contributed by atoms with Gasteiger partial charge >= 0.3 is 0 Å². The third-order valence-electron chi connectivity index (χ3n) is 4.21. The zero-order valence-corrected chi connectivity index (χ0v) is 15.6. The normalized spacial score (nSPS) is 17.5. The molecule has 0 amide bonds. The minimum Gasteiger partial charge on any atom is -0.357 e. The van der Waals surface area contributed by atoms with Gasteiger partial charge in [-0.1, -0.05) is 23.7 Å². The van der Waals surface area contributed by atoms with E-state index in [1.807, 2.05) is 24.3 Å². The second-order valence-electron chi connectivity index (χ2n) is 6.25. The molecule has 5 nitrogen and oxygen atoms in total. The number of benzene rings is 1. The first kappa shape index (κ1) is 19.0. The number of guanidine groups is 1. The van der Waals surface area contributed by atoms with Gasteiger partial charge in [0.15, 0.2) is 5.96 Å². The third-order valence-corrected chi connectivity index (χ3v) is 4.46. The summed E-state index contributed by atoms with van der Waals surface area (Å²) in [6.45, 7) is 10.3. The van der Waals surface area contributed by atoms with Gasteiger partial charge in [0.25, 0.3) is 0 Å². The minimum absolute atomic E-state index is 0.654. The summed E-state index contributed by atoms with van der Waals surface area (Å²) < 4.78 is 0. The van der Waals surface area contributed by atoms with E-state index in [0.717, 1.165) is 49.3 Å². The Morgan fingerprint density at radius 2 is 1.92 bits per heavy atom. The number of nitrogens with zero attached hydrogens (tertiary/aromatic N) is 3. The third kappa shape index (κ3) is 7.07. The first-order valence-corrected chi connectivity index (χ1v) is 9.22. The highest BCUT2D eigenvalue weighted by molar-refractivity contribution is 6.30. The molecule has 2 N–H and O–H groups in total. The minimum atomic E-state index is 0.654. The van der Waals surface area contributed by atoms with Crippen LogP contribution in [-0.4, -0.2) is 68.6 Å². The molecule has 1 aromatic carbocycles. The number of likely N-dealkylation sites (N-methyl/N-ethyl adjacent to an activating group) is 1. The highest BCUT2D eigenvalue weighted by Gasteiger charge is 2.11. The standard InChI is InChI=1S/C18H30ClN5/c1-3-20-18(22-15-16-5-7-17(19)8-6-16)21-9-12-24-11-4-10-23(2)13-14-24/h5-8H,3-4,9-15H2,1-2H3,(H2,20,21,22). The molecule has 6 heteroatoms. The number of rotatable bonds is 6. The highest BCUT2D eigenvalue weighted by Crippen LogP contribution is 2.10. The monoisotopic (exact) mass is 351 g/mol. The zero-order valence-electron chi connectivity index (χ0n) is 14.9. The lowest BCUT2D eigenvalue weighted by atomic mass is 10.2. The van der Waals surface area contributed by atoms with Crippen LogP contribution in [0.25, 0.3) is 0 Å². The van der Waals surface area contributed by atoms with E-state index in [4.69, 9.17) is 11.6 Å². The summed E-state index contributed by atoms with van der Waals surface area (Å²) in [6, 6.07) is 7.85. The van der Waals surface area contributed by atoms with E-state index in [1.54, 1.807) is 0 Å². The van der Waals surface area contributed by atoms with E-state index in [1.165, 1.54) is 19.5 Å².